The first-order valence-electron chi connectivity index (χ1n) is 10.5. The summed E-state index contributed by atoms with van der Waals surface area (Å²) in [5.41, 5.74) is 7.19. The van der Waals surface area contributed by atoms with E-state index in [0.717, 1.165) is 5.56 Å². The van der Waals surface area contributed by atoms with Crippen LogP contribution < -0.4 is 21.1 Å². The van der Waals surface area contributed by atoms with Gasteiger partial charge >= 0.3 is 5.97 Å². The molecule has 0 aliphatic heterocycles. The minimum Gasteiger partial charge on any atom is -0.478 e. The van der Waals surface area contributed by atoms with Gasteiger partial charge in [0, 0.05) is 17.4 Å². The minimum absolute atomic E-state index is 0.00141. The Bertz CT molecular complexity index is 1310. The SMILES string of the molecule is CC(NC(=O)CC(=O)Nc1ccc(/C(N)=N\O)cc1)c1ccc(Oc2cncc(C(=O)O)c2)c(Br)c1. The highest BCUT2D eigenvalue weighted by atomic mass is 79.9. The molecule has 6 N–H and O–H groups in total. The summed E-state index contributed by atoms with van der Waals surface area (Å²) in [4.78, 5) is 39.6. The summed E-state index contributed by atoms with van der Waals surface area (Å²) < 4.78 is 6.29. The predicted molar refractivity (Wildman–Crippen MR) is 134 cm³/mol. The number of carboxylic acid groups (broad SMARTS) is 1. The first-order chi connectivity index (χ1) is 17.2. The molecule has 11 nitrogen and oxygen atoms in total. The van der Waals surface area contributed by atoms with Gasteiger partial charge in [0.15, 0.2) is 5.84 Å². The Labute approximate surface area is 214 Å². The fraction of sp³-hybridized carbons (Fsp3) is 0.125. The number of nitrogens with zero attached hydrogens (tertiary/aromatic N) is 2. The third-order valence-corrected chi connectivity index (χ3v) is 5.53. The Hall–Kier alpha value is -4.45. The zero-order valence-electron chi connectivity index (χ0n) is 18.9. The van der Waals surface area contributed by atoms with Crippen LogP contribution in [-0.2, 0) is 9.59 Å². The second kappa shape index (κ2) is 11.8. The van der Waals surface area contributed by atoms with Gasteiger partial charge in [-0.3, -0.25) is 14.6 Å². The van der Waals surface area contributed by atoms with E-state index in [1.807, 2.05) is 0 Å². The van der Waals surface area contributed by atoms with E-state index < -0.39 is 23.8 Å². The average Bonchev–Trinajstić information content (AvgIpc) is 2.85. The number of amides is 2. The molecule has 1 aromatic heterocycles. The third-order valence-electron chi connectivity index (χ3n) is 4.91. The first kappa shape index (κ1) is 26.2. The molecule has 0 radical (unpaired) electrons. The number of nitrogens with two attached hydrogens (primary N) is 1. The van der Waals surface area contributed by atoms with Crippen molar-refractivity contribution in [3.63, 3.8) is 0 Å². The monoisotopic (exact) mass is 555 g/mol. The molecular weight excluding hydrogens is 534 g/mol. The number of aromatic carboxylic acids is 1. The van der Waals surface area contributed by atoms with Gasteiger partial charge < -0.3 is 31.4 Å². The zero-order valence-corrected chi connectivity index (χ0v) is 20.5. The van der Waals surface area contributed by atoms with Gasteiger partial charge in [-0.15, -0.1) is 0 Å². The summed E-state index contributed by atoms with van der Waals surface area (Å²) in [5, 5.41) is 26.1. The molecule has 1 unspecified atom stereocenters. The number of carboxylic acids is 1. The van der Waals surface area contributed by atoms with E-state index in [0.29, 0.717) is 21.5 Å². The molecule has 0 saturated heterocycles. The number of hydrogen-bond acceptors (Lipinski definition) is 7. The number of benzene rings is 2. The maximum atomic E-state index is 12.4. The van der Waals surface area contributed by atoms with Gasteiger partial charge in [-0.25, -0.2) is 4.79 Å². The molecule has 1 heterocycles. The molecule has 186 valence electrons. The number of oxime groups is 1. The quantitative estimate of drug-likeness (QED) is 0.0873. The van der Waals surface area contributed by atoms with Gasteiger partial charge in [-0.1, -0.05) is 11.2 Å². The lowest BCUT2D eigenvalue weighted by molar-refractivity contribution is -0.127. The second-order valence-corrected chi connectivity index (χ2v) is 8.44. The Morgan fingerprint density at radius 3 is 2.44 bits per heavy atom. The summed E-state index contributed by atoms with van der Waals surface area (Å²) in [6.45, 7) is 1.77. The number of pyridine rings is 1. The van der Waals surface area contributed by atoms with Crippen LogP contribution in [0.4, 0.5) is 5.69 Å². The number of carbonyl (C=O) groups excluding carboxylic acids is 2. The maximum absolute atomic E-state index is 12.4. The molecule has 3 aromatic rings. The van der Waals surface area contributed by atoms with Crippen molar-refractivity contribution in [2.75, 3.05) is 5.32 Å². The fourth-order valence-electron chi connectivity index (χ4n) is 3.10. The van der Waals surface area contributed by atoms with Crippen LogP contribution in [-0.4, -0.2) is 38.9 Å². The Morgan fingerprint density at radius 2 is 1.81 bits per heavy atom. The van der Waals surface area contributed by atoms with Crippen LogP contribution in [0.1, 0.15) is 40.9 Å². The van der Waals surface area contributed by atoms with Crippen molar-refractivity contribution in [2.24, 2.45) is 10.9 Å². The standard InChI is InChI=1S/C24H22BrN5O6/c1-13(28-21(31)10-22(32)29-17-5-2-14(3-6-17)23(26)30-35)15-4-7-20(19(25)9-15)36-18-8-16(24(33)34)11-27-12-18/h2-9,11-13,35H,10H2,1H3,(H2,26,30)(H,28,31)(H,29,32)(H,33,34). The molecule has 36 heavy (non-hydrogen) atoms. The van der Waals surface area contributed by atoms with Crippen molar-refractivity contribution in [1.82, 2.24) is 10.3 Å². The molecular formula is C24H22BrN5O6. The fourth-order valence-corrected chi connectivity index (χ4v) is 3.57. The number of hydrogen-bond donors (Lipinski definition) is 5. The second-order valence-electron chi connectivity index (χ2n) is 7.58. The van der Waals surface area contributed by atoms with Crippen molar-refractivity contribution in [2.45, 2.75) is 19.4 Å². The topological polar surface area (TPSA) is 176 Å². The summed E-state index contributed by atoms with van der Waals surface area (Å²) in [5.74, 6) is -1.46. The average molecular weight is 556 g/mol. The predicted octanol–water partition coefficient (Wildman–Crippen LogP) is 3.64. The number of ether oxygens (including phenoxy) is 1. The van der Waals surface area contributed by atoms with E-state index in [4.69, 9.17) is 20.8 Å². The van der Waals surface area contributed by atoms with Crippen molar-refractivity contribution in [3.05, 3.63) is 82.1 Å². The van der Waals surface area contributed by atoms with Gasteiger partial charge in [0.2, 0.25) is 11.8 Å². The highest BCUT2D eigenvalue weighted by Crippen LogP contribution is 2.32. The van der Waals surface area contributed by atoms with Crippen molar-refractivity contribution in [3.8, 4) is 11.5 Å². The molecule has 2 aromatic carbocycles. The molecule has 0 aliphatic carbocycles. The summed E-state index contributed by atoms with van der Waals surface area (Å²) in [6.07, 6.45) is 2.23. The van der Waals surface area contributed by atoms with Crippen LogP contribution in [0.5, 0.6) is 11.5 Å². The molecule has 0 aliphatic rings. The van der Waals surface area contributed by atoms with Gasteiger partial charge in [-0.05, 0) is 70.9 Å². The van der Waals surface area contributed by atoms with E-state index in [1.54, 1.807) is 49.4 Å². The lowest BCUT2D eigenvalue weighted by atomic mass is 10.1. The van der Waals surface area contributed by atoms with Crippen molar-refractivity contribution in [1.29, 1.82) is 0 Å². The van der Waals surface area contributed by atoms with E-state index >= 15 is 0 Å². The molecule has 2 amide bonds. The van der Waals surface area contributed by atoms with Gasteiger partial charge in [0.05, 0.1) is 22.3 Å². The highest BCUT2D eigenvalue weighted by molar-refractivity contribution is 9.10. The summed E-state index contributed by atoms with van der Waals surface area (Å²) >= 11 is 3.41. The zero-order chi connectivity index (χ0) is 26.2. The molecule has 3 rings (SSSR count). The third kappa shape index (κ3) is 7.03. The molecule has 0 fully saturated rings. The number of amidine groups is 1. The molecule has 0 bridgehead atoms. The summed E-state index contributed by atoms with van der Waals surface area (Å²) in [7, 11) is 0. The van der Waals surface area contributed by atoms with Crippen molar-refractivity contribution < 1.29 is 29.4 Å². The van der Waals surface area contributed by atoms with Crippen LogP contribution in [0.25, 0.3) is 0 Å². The van der Waals surface area contributed by atoms with Crippen LogP contribution in [0.15, 0.2) is 70.6 Å². The summed E-state index contributed by atoms with van der Waals surface area (Å²) in [6, 6.07) is 12.4. The van der Waals surface area contributed by atoms with E-state index in [-0.39, 0.29) is 23.6 Å². The Morgan fingerprint density at radius 1 is 1.08 bits per heavy atom. The van der Waals surface area contributed by atoms with E-state index in [9.17, 15) is 14.4 Å². The van der Waals surface area contributed by atoms with Gasteiger partial charge in [0.25, 0.3) is 0 Å². The number of nitrogens with one attached hydrogen (secondary N) is 2. The number of halogens is 1. The number of rotatable bonds is 9. The lowest BCUT2D eigenvalue weighted by Gasteiger charge is -2.16. The Balaban J connectivity index is 1.56. The smallest absolute Gasteiger partial charge is 0.337 e. The van der Waals surface area contributed by atoms with E-state index in [2.05, 4.69) is 36.7 Å². The molecule has 12 heteroatoms. The van der Waals surface area contributed by atoms with Crippen LogP contribution >= 0.6 is 15.9 Å². The highest BCUT2D eigenvalue weighted by Gasteiger charge is 2.16. The molecule has 0 spiro atoms. The number of aromatic nitrogens is 1. The largest absolute Gasteiger partial charge is 0.478 e. The first-order valence-corrected chi connectivity index (χ1v) is 11.3. The van der Waals surface area contributed by atoms with E-state index in [1.165, 1.54) is 18.5 Å². The van der Waals surface area contributed by atoms with Crippen molar-refractivity contribution >= 4 is 45.2 Å². The maximum Gasteiger partial charge on any atom is 0.337 e. The Kier molecular flexibility index (Phi) is 8.57. The van der Waals surface area contributed by atoms with Crippen LogP contribution in [0.3, 0.4) is 0 Å². The van der Waals surface area contributed by atoms with Gasteiger partial charge in [0.1, 0.15) is 17.9 Å². The number of carbonyl (C=O) groups is 3. The molecule has 0 saturated carbocycles. The number of anilines is 1. The molecule has 1 atom stereocenters. The van der Waals surface area contributed by atoms with Crippen LogP contribution in [0, 0.1) is 0 Å². The minimum atomic E-state index is -1.11. The van der Waals surface area contributed by atoms with Crippen LogP contribution in [0.2, 0.25) is 0 Å². The van der Waals surface area contributed by atoms with Gasteiger partial charge in [-0.2, -0.15) is 0 Å². The normalized spacial score (nSPS) is 11.9. The lowest BCUT2D eigenvalue weighted by Crippen LogP contribution is -2.30.